The summed E-state index contributed by atoms with van der Waals surface area (Å²) in [5.41, 5.74) is 1.83. The average molecular weight is 393 g/mol. The molecule has 1 aliphatic heterocycles. The summed E-state index contributed by atoms with van der Waals surface area (Å²) in [5, 5.41) is 3.36. The lowest BCUT2D eigenvalue weighted by molar-refractivity contribution is -0.120. The molecule has 0 bridgehead atoms. The number of piperidine rings is 1. The molecule has 1 aliphatic rings. The lowest BCUT2D eigenvalue weighted by Gasteiger charge is -2.31. The van der Waals surface area contributed by atoms with Crippen molar-refractivity contribution in [3.63, 3.8) is 0 Å². The monoisotopic (exact) mass is 392 g/mol. The molecule has 1 amide bonds. The third kappa shape index (κ3) is 4.26. The Hall–Kier alpha value is -1.89. The molecule has 1 saturated heterocycles. The molecule has 26 heavy (non-hydrogen) atoms. The lowest BCUT2D eigenvalue weighted by Crippen LogP contribution is -2.43. The van der Waals surface area contributed by atoms with Gasteiger partial charge in [-0.15, -0.1) is 0 Å². The van der Waals surface area contributed by atoms with Crippen LogP contribution in [0.5, 0.6) is 0 Å². The fourth-order valence-corrected chi connectivity index (χ4v) is 4.66. The quantitative estimate of drug-likeness (QED) is 0.862. The molecule has 0 aromatic heterocycles. The number of nitrogens with one attached hydrogen (secondary N) is 1. The molecule has 0 spiro atoms. The fourth-order valence-electron chi connectivity index (χ4n) is 3.01. The van der Waals surface area contributed by atoms with E-state index >= 15 is 0 Å². The first-order valence-electron chi connectivity index (χ1n) is 8.49. The van der Waals surface area contributed by atoms with E-state index in [-0.39, 0.29) is 23.3 Å². The first-order valence-corrected chi connectivity index (χ1v) is 10.3. The van der Waals surface area contributed by atoms with Crippen LogP contribution in [0.25, 0.3) is 0 Å². The summed E-state index contributed by atoms with van der Waals surface area (Å²) < 4.78 is 27.0. The van der Waals surface area contributed by atoms with Gasteiger partial charge in [0.25, 0.3) is 0 Å². The van der Waals surface area contributed by atoms with E-state index in [1.165, 1.54) is 16.4 Å². The van der Waals surface area contributed by atoms with Crippen LogP contribution in [0, 0.1) is 12.8 Å². The van der Waals surface area contributed by atoms with Gasteiger partial charge in [0.15, 0.2) is 0 Å². The fraction of sp³-hybridized carbons (Fsp3) is 0.316. The second kappa shape index (κ2) is 7.78. The summed E-state index contributed by atoms with van der Waals surface area (Å²) in [7, 11) is -3.63. The van der Waals surface area contributed by atoms with E-state index in [0.29, 0.717) is 24.4 Å². The van der Waals surface area contributed by atoms with E-state index in [4.69, 9.17) is 11.6 Å². The van der Waals surface area contributed by atoms with Crippen LogP contribution in [0.2, 0.25) is 5.02 Å². The number of carbonyl (C=O) groups excluding carboxylic acids is 1. The topological polar surface area (TPSA) is 66.5 Å². The number of rotatable bonds is 4. The van der Waals surface area contributed by atoms with Crippen molar-refractivity contribution in [1.29, 1.82) is 0 Å². The van der Waals surface area contributed by atoms with Gasteiger partial charge in [-0.1, -0.05) is 29.3 Å². The van der Waals surface area contributed by atoms with Gasteiger partial charge >= 0.3 is 0 Å². The van der Waals surface area contributed by atoms with Crippen molar-refractivity contribution in [3.8, 4) is 0 Å². The van der Waals surface area contributed by atoms with E-state index < -0.39 is 10.0 Å². The number of hydrogen-bond donors (Lipinski definition) is 1. The Labute approximate surface area is 159 Å². The van der Waals surface area contributed by atoms with E-state index in [2.05, 4.69) is 5.32 Å². The first-order chi connectivity index (χ1) is 12.4. The molecule has 1 heterocycles. The molecule has 0 aliphatic carbocycles. The molecular weight excluding hydrogens is 372 g/mol. The van der Waals surface area contributed by atoms with Gasteiger partial charge in [-0.25, -0.2) is 8.42 Å². The number of anilines is 1. The van der Waals surface area contributed by atoms with Crippen LogP contribution in [-0.2, 0) is 14.8 Å². The van der Waals surface area contributed by atoms with E-state index in [1.54, 1.807) is 12.1 Å². The Balaban J connectivity index is 1.71. The van der Waals surface area contributed by atoms with Crippen molar-refractivity contribution in [2.75, 3.05) is 18.4 Å². The van der Waals surface area contributed by atoms with Gasteiger partial charge in [0.05, 0.1) is 10.8 Å². The van der Waals surface area contributed by atoms with Crippen LogP contribution >= 0.6 is 11.6 Å². The molecule has 1 N–H and O–H groups in total. The number of halogens is 1. The van der Waals surface area contributed by atoms with Crippen molar-refractivity contribution in [3.05, 3.63) is 59.1 Å². The molecule has 0 saturated carbocycles. The number of carbonyl (C=O) groups is 1. The Morgan fingerprint density at radius 3 is 2.42 bits per heavy atom. The van der Waals surface area contributed by atoms with Crippen LogP contribution in [0.15, 0.2) is 53.4 Å². The average Bonchev–Trinajstić information content (AvgIpc) is 2.64. The van der Waals surface area contributed by atoms with Crippen molar-refractivity contribution in [2.24, 2.45) is 5.92 Å². The summed E-state index contributed by atoms with van der Waals surface area (Å²) in [6.07, 6.45) is 1.32. The molecule has 1 atom stereocenters. The van der Waals surface area contributed by atoms with Gasteiger partial charge in [0.2, 0.25) is 15.9 Å². The van der Waals surface area contributed by atoms with Gasteiger partial charge in [-0.2, -0.15) is 4.31 Å². The smallest absolute Gasteiger partial charge is 0.243 e. The largest absolute Gasteiger partial charge is 0.326 e. The maximum atomic E-state index is 12.8. The zero-order valence-electron chi connectivity index (χ0n) is 14.5. The van der Waals surface area contributed by atoms with Crippen LogP contribution in [0.4, 0.5) is 5.69 Å². The van der Waals surface area contributed by atoms with Gasteiger partial charge < -0.3 is 5.32 Å². The summed E-state index contributed by atoms with van der Waals surface area (Å²) >= 11 is 5.84. The molecule has 1 fully saturated rings. The predicted molar refractivity (Wildman–Crippen MR) is 103 cm³/mol. The summed E-state index contributed by atoms with van der Waals surface area (Å²) in [5.74, 6) is -0.517. The minimum absolute atomic E-state index is 0.148. The van der Waals surface area contributed by atoms with E-state index in [0.717, 1.165) is 11.3 Å². The zero-order valence-corrected chi connectivity index (χ0v) is 16.1. The molecule has 0 unspecified atom stereocenters. The predicted octanol–water partition coefficient (Wildman–Crippen LogP) is 3.69. The number of sulfonamides is 1. The molecule has 0 radical (unpaired) electrons. The SMILES string of the molecule is Cc1ccc(NC(=O)[C@@H]2CCCN(S(=O)(=O)c3ccc(Cl)cc3)C2)cc1. The van der Waals surface area contributed by atoms with Crippen LogP contribution < -0.4 is 5.32 Å². The zero-order chi connectivity index (χ0) is 18.7. The number of aryl methyl sites for hydroxylation is 1. The van der Waals surface area contributed by atoms with Gasteiger partial charge in [-0.05, 0) is 56.2 Å². The lowest BCUT2D eigenvalue weighted by atomic mass is 9.98. The molecule has 2 aromatic rings. The van der Waals surface area contributed by atoms with Crippen LogP contribution in [0.1, 0.15) is 18.4 Å². The first kappa shape index (κ1) is 18.9. The molecule has 3 rings (SSSR count). The summed E-state index contributed by atoms with van der Waals surface area (Å²) in [4.78, 5) is 12.8. The minimum atomic E-state index is -3.63. The van der Waals surface area contributed by atoms with Crippen molar-refractivity contribution < 1.29 is 13.2 Å². The Morgan fingerprint density at radius 1 is 1.12 bits per heavy atom. The number of amides is 1. The van der Waals surface area contributed by atoms with Crippen molar-refractivity contribution in [1.82, 2.24) is 4.31 Å². The highest BCUT2D eigenvalue weighted by Crippen LogP contribution is 2.25. The highest BCUT2D eigenvalue weighted by molar-refractivity contribution is 7.89. The molecular formula is C19H21ClN2O3S. The van der Waals surface area contributed by atoms with Gasteiger partial charge in [0, 0.05) is 23.8 Å². The second-order valence-corrected chi connectivity index (χ2v) is 8.89. The van der Waals surface area contributed by atoms with Crippen LogP contribution in [-0.4, -0.2) is 31.7 Å². The Kier molecular flexibility index (Phi) is 5.65. The van der Waals surface area contributed by atoms with Crippen molar-refractivity contribution in [2.45, 2.75) is 24.7 Å². The third-order valence-corrected chi connectivity index (χ3v) is 6.66. The van der Waals surface area contributed by atoms with Crippen molar-refractivity contribution >= 4 is 33.2 Å². The number of hydrogen-bond acceptors (Lipinski definition) is 3. The Bertz CT molecular complexity index is 880. The van der Waals surface area contributed by atoms with Gasteiger partial charge in [-0.3, -0.25) is 4.79 Å². The Morgan fingerprint density at radius 2 is 1.77 bits per heavy atom. The van der Waals surface area contributed by atoms with E-state index in [1.807, 2.05) is 31.2 Å². The maximum Gasteiger partial charge on any atom is 0.243 e. The minimum Gasteiger partial charge on any atom is -0.326 e. The molecule has 138 valence electrons. The third-order valence-electron chi connectivity index (χ3n) is 4.53. The van der Waals surface area contributed by atoms with Gasteiger partial charge in [0.1, 0.15) is 0 Å². The molecule has 5 nitrogen and oxygen atoms in total. The maximum absolute atomic E-state index is 12.8. The van der Waals surface area contributed by atoms with Crippen LogP contribution in [0.3, 0.4) is 0 Å². The normalized spacial score (nSPS) is 18.5. The number of benzene rings is 2. The van der Waals surface area contributed by atoms with E-state index in [9.17, 15) is 13.2 Å². The highest BCUT2D eigenvalue weighted by atomic mass is 35.5. The molecule has 7 heteroatoms. The highest BCUT2D eigenvalue weighted by Gasteiger charge is 2.33. The summed E-state index contributed by atoms with van der Waals surface area (Å²) in [6.45, 7) is 2.58. The number of nitrogens with zero attached hydrogens (tertiary/aromatic N) is 1. The standard InChI is InChI=1S/C19H21ClN2O3S/c1-14-4-8-17(9-5-14)21-19(23)15-3-2-12-22(13-15)26(24,25)18-10-6-16(20)7-11-18/h4-11,15H,2-3,12-13H2,1H3,(H,21,23)/t15-/m1/s1. The second-order valence-electron chi connectivity index (χ2n) is 6.51. The summed E-state index contributed by atoms with van der Waals surface area (Å²) in [6, 6.07) is 13.6. The molecule has 2 aromatic carbocycles.